The molecule has 1 N–H and O–H groups in total. The Morgan fingerprint density at radius 3 is 2.65 bits per heavy atom. The van der Waals surface area contributed by atoms with Gasteiger partial charge in [-0.25, -0.2) is 9.97 Å². The van der Waals surface area contributed by atoms with E-state index in [1.165, 1.54) is 10.6 Å². The Morgan fingerprint density at radius 1 is 1.13 bits per heavy atom. The van der Waals surface area contributed by atoms with Crippen molar-refractivity contribution in [3.63, 3.8) is 0 Å². The highest BCUT2D eigenvalue weighted by Crippen LogP contribution is 2.23. The van der Waals surface area contributed by atoms with Gasteiger partial charge in [-0.3, -0.25) is 9.48 Å². The molecule has 31 heavy (non-hydrogen) atoms. The third-order valence-electron chi connectivity index (χ3n) is 5.29. The van der Waals surface area contributed by atoms with Crippen molar-refractivity contribution >= 4 is 11.6 Å². The number of nitrogens with zero attached hydrogens (tertiary/aromatic N) is 5. The molecule has 8 heteroatoms. The Morgan fingerprint density at radius 2 is 1.97 bits per heavy atom. The Labute approximate surface area is 184 Å². The highest BCUT2D eigenvalue weighted by molar-refractivity contribution is 6.31. The highest BCUT2D eigenvalue weighted by Gasteiger charge is 2.16. The van der Waals surface area contributed by atoms with Crippen LogP contribution in [0, 0.1) is 6.92 Å². The number of aliphatic hydroxyl groups is 1. The summed E-state index contributed by atoms with van der Waals surface area (Å²) < 4.78 is 3.30. The number of aromatic nitrogens is 5. The molecule has 4 aromatic rings. The minimum absolute atomic E-state index is 0.206. The largest absolute Gasteiger partial charge is 0.394 e. The first-order valence-electron chi connectivity index (χ1n) is 9.84. The molecule has 0 aliphatic carbocycles. The molecule has 1 atom stereocenters. The maximum absolute atomic E-state index is 12.9. The fourth-order valence-corrected chi connectivity index (χ4v) is 3.63. The first-order chi connectivity index (χ1) is 15.0. The molecule has 0 aliphatic rings. The maximum atomic E-state index is 12.9. The van der Waals surface area contributed by atoms with E-state index in [0.717, 1.165) is 16.8 Å². The van der Waals surface area contributed by atoms with Gasteiger partial charge < -0.3 is 9.67 Å². The van der Waals surface area contributed by atoms with Gasteiger partial charge in [0, 0.05) is 54.4 Å². The standard InChI is InChI=1S/C23H22ClN5O2/c1-15-11-17(3-4-19(15)24)21(14-30)29-10-7-16(12-23(29)31)20-6-8-25-22(27-20)13-18-5-9-26-28(18)2/h3-12,21,30H,13-14H2,1-2H3/t21-/m1/s1. The SMILES string of the molecule is Cc1cc([C@@H](CO)n2ccc(-c3ccnc(Cc4ccnn4C)n3)cc2=O)ccc1Cl. The Balaban J connectivity index is 1.64. The fourth-order valence-electron chi connectivity index (χ4n) is 3.52. The van der Waals surface area contributed by atoms with Crippen LogP contribution in [-0.2, 0) is 13.5 Å². The van der Waals surface area contributed by atoms with Gasteiger partial charge in [-0.2, -0.15) is 5.10 Å². The van der Waals surface area contributed by atoms with Gasteiger partial charge in [-0.05, 0) is 42.3 Å². The van der Waals surface area contributed by atoms with E-state index in [1.807, 2.05) is 38.2 Å². The first-order valence-corrected chi connectivity index (χ1v) is 10.2. The molecular formula is C23H22ClN5O2. The number of benzene rings is 1. The van der Waals surface area contributed by atoms with Gasteiger partial charge in [-0.15, -0.1) is 0 Å². The van der Waals surface area contributed by atoms with Gasteiger partial charge in [0.1, 0.15) is 5.82 Å². The van der Waals surface area contributed by atoms with Gasteiger partial charge in [-0.1, -0.05) is 23.7 Å². The second kappa shape index (κ2) is 8.83. The highest BCUT2D eigenvalue weighted by atomic mass is 35.5. The predicted octanol–water partition coefficient (Wildman–Crippen LogP) is 3.17. The maximum Gasteiger partial charge on any atom is 0.251 e. The molecule has 0 amide bonds. The van der Waals surface area contributed by atoms with E-state index in [4.69, 9.17) is 11.6 Å². The van der Waals surface area contributed by atoms with Gasteiger partial charge in [0.25, 0.3) is 5.56 Å². The van der Waals surface area contributed by atoms with Crippen LogP contribution in [0.4, 0.5) is 0 Å². The van der Waals surface area contributed by atoms with E-state index in [-0.39, 0.29) is 12.2 Å². The zero-order valence-corrected chi connectivity index (χ0v) is 18.0. The Bertz CT molecular complexity index is 1280. The molecule has 4 rings (SSSR count). The summed E-state index contributed by atoms with van der Waals surface area (Å²) in [6.07, 6.45) is 5.65. The van der Waals surface area contributed by atoms with Crippen molar-refractivity contribution in [3.8, 4) is 11.3 Å². The van der Waals surface area contributed by atoms with E-state index < -0.39 is 6.04 Å². The number of aryl methyl sites for hydroxylation is 2. The summed E-state index contributed by atoms with van der Waals surface area (Å²) in [5, 5.41) is 14.8. The summed E-state index contributed by atoms with van der Waals surface area (Å²) in [4.78, 5) is 21.8. The van der Waals surface area contributed by atoms with Crippen LogP contribution in [0.1, 0.15) is 28.7 Å². The molecular weight excluding hydrogens is 414 g/mol. The first kappa shape index (κ1) is 21.0. The summed E-state index contributed by atoms with van der Waals surface area (Å²) in [6.45, 7) is 1.69. The van der Waals surface area contributed by atoms with Crippen molar-refractivity contribution in [2.45, 2.75) is 19.4 Å². The normalized spacial score (nSPS) is 12.1. The van der Waals surface area contributed by atoms with Crippen molar-refractivity contribution in [2.24, 2.45) is 7.05 Å². The lowest BCUT2D eigenvalue weighted by atomic mass is 10.0. The molecule has 0 bridgehead atoms. The van der Waals surface area contributed by atoms with Crippen molar-refractivity contribution < 1.29 is 5.11 Å². The molecule has 0 unspecified atom stereocenters. The summed E-state index contributed by atoms with van der Waals surface area (Å²) in [7, 11) is 1.87. The van der Waals surface area contributed by atoms with Crippen molar-refractivity contribution in [1.82, 2.24) is 24.3 Å². The molecule has 7 nitrogen and oxygen atoms in total. The van der Waals surface area contributed by atoms with Crippen LogP contribution in [0.2, 0.25) is 5.02 Å². The number of rotatable bonds is 6. The van der Waals surface area contributed by atoms with Crippen LogP contribution in [0.3, 0.4) is 0 Å². The van der Waals surface area contributed by atoms with Crippen molar-refractivity contribution in [2.75, 3.05) is 6.61 Å². The second-order valence-electron chi connectivity index (χ2n) is 7.35. The molecule has 3 heterocycles. The van der Waals surface area contributed by atoms with Gasteiger partial charge in [0.05, 0.1) is 18.3 Å². The lowest BCUT2D eigenvalue weighted by molar-refractivity contribution is 0.247. The molecule has 0 saturated carbocycles. The van der Waals surface area contributed by atoms with Gasteiger partial charge >= 0.3 is 0 Å². The molecule has 0 aliphatic heterocycles. The Kier molecular flexibility index (Phi) is 5.97. The third-order valence-corrected chi connectivity index (χ3v) is 5.71. The van der Waals surface area contributed by atoms with E-state index in [0.29, 0.717) is 28.5 Å². The lowest BCUT2D eigenvalue weighted by Gasteiger charge is -2.19. The molecule has 1 aromatic carbocycles. The lowest BCUT2D eigenvalue weighted by Crippen LogP contribution is -2.27. The number of aliphatic hydroxyl groups excluding tert-OH is 1. The van der Waals surface area contributed by atoms with E-state index in [9.17, 15) is 9.90 Å². The van der Waals surface area contributed by atoms with Crippen LogP contribution >= 0.6 is 11.6 Å². The van der Waals surface area contributed by atoms with Gasteiger partial charge in [0.2, 0.25) is 0 Å². The predicted molar refractivity (Wildman–Crippen MR) is 119 cm³/mol. The number of hydrogen-bond acceptors (Lipinski definition) is 5. The van der Waals surface area contributed by atoms with Crippen LogP contribution in [0.15, 0.2) is 65.8 Å². The molecule has 3 aromatic heterocycles. The molecule has 0 fully saturated rings. The van der Waals surface area contributed by atoms with Crippen molar-refractivity contribution in [1.29, 1.82) is 0 Å². The summed E-state index contributed by atoms with van der Waals surface area (Å²) in [5.74, 6) is 0.648. The Hall–Kier alpha value is -3.29. The average Bonchev–Trinajstić information content (AvgIpc) is 3.16. The summed E-state index contributed by atoms with van der Waals surface area (Å²) >= 11 is 6.11. The second-order valence-corrected chi connectivity index (χ2v) is 7.76. The molecule has 0 radical (unpaired) electrons. The topological polar surface area (TPSA) is 85.8 Å². The van der Waals surface area contributed by atoms with Crippen molar-refractivity contribution in [3.05, 3.63) is 99.1 Å². The van der Waals surface area contributed by atoms with Gasteiger partial charge in [0.15, 0.2) is 0 Å². The van der Waals surface area contributed by atoms with Crippen LogP contribution in [0.5, 0.6) is 0 Å². The zero-order valence-electron chi connectivity index (χ0n) is 17.2. The number of halogens is 1. The number of pyridine rings is 1. The summed E-state index contributed by atoms with van der Waals surface area (Å²) in [5.41, 5.74) is 3.84. The van der Waals surface area contributed by atoms with Crippen LogP contribution in [-0.4, -0.2) is 36.0 Å². The smallest absolute Gasteiger partial charge is 0.251 e. The number of hydrogen-bond donors (Lipinski definition) is 1. The van der Waals surface area contributed by atoms with E-state index in [1.54, 1.807) is 35.4 Å². The average molecular weight is 436 g/mol. The fraction of sp³-hybridized carbons (Fsp3) is 0.217. The van der Waals surface area contributed by atoms with Crippen LogP contribution in [0.25, 0.3) is 11.3 Å². The molecule has 158 valence electrons. The third kappa shape index (κ3) is 4.42. The molecule has 0 saturated heterocycles. The summed E-state index contributed by atoms with van der Waals surface area (Å²) in [6, 6.07) is 12.0. The quantitative estimate of drug-likeness (QED) is 0.502. The van der Waals surface area contributed by atoms with E-state index in [2.05, 4.69) is 15.1 Å². The van der Waals surface area contributed by atoms with E-state index >= 15 is 0 Å². The minimum Gasteiger partial charge on any atom is -0.394 e. The molecule has 0 spiro atoms. The zero-order chi connectivity index (χ0) is 22.0. The van der Waals surface area contributed by atoms with Crippen LogP contribution < -0.4 is 5.56 Å². The minimum atomic E-state index is -0.497. The monoisotopic (exact) mass is 435 g/mol.